The van der Waals surface area contributed by atoms with E-state index in [-0.39, 0.29) is 18.3 Å². The van der Waals surface area contributed by atoms with Gasteiger partial charge in [0, 0.05) is 6.61 Å². The highest BCUT2D eigenvalue weighted by Gasteiger charge is 2.38. The number of benzene rings is 1. The molecule has 1 aliphatic rings. The molecule has 1 N–H and O–H groups in total. The van der Waals surface area contributed by atoms with Crippen LogP contribution in [0.4, 0.5) is 4.39 Å². The Labute approximate surface area is 70.8 Å². The minimum absolute atomic E-state index is 0.140. The molecular weight excluding hydrogens is 155 g/mol. The fourth-order valence-corrected chi connectivity index (χ4v) is 1.61. The van der Waals surface area contributed by atoms with E-state index in [1.807, 2.05) is 6.07 Å². The van der Waals surface area contributed by atoms with Gasteiger partial charge in [-0.1, -0.05) is 18.2 Å². The molecule has 0 unspecified atom stereocenters. The summed E-state index contributed by atoms with van der Waals surface area (Å²) in [5.41, 5.74) is 0.761. The summed E-state index contributed by atoms with van der Waals surface area (Å²) in [6, 6.07) is 6.80. The summed E-state index contributed by atoms with van der Waals surface area (Å²) in [5.74, 6) is 0.413. The lowest BCUT2D eigenvalue weighted by atomic mass is 10.1. The molecule has 0 saturated heterocycles. The first-order valence-corrected chi connectivity index (χ1v) is 4.18. The van der Waals surface area contributed by atoms with Crippen LogP contribution in [-0.4, -0.2) is 11.7 Å². The third-order valence-electron chi connectivity index (χ3n) is 2.46. The molecule has 0 bridgehead atoms. The zero-order valence-corrected chi connectivity index (χ0v) is 6.70. The zero-order valence-electron chi connectivity index (χ0n) is 6.70. The van der Waals surface area contributed by atoms with Gasteiger partial charge in [-0.15, -0.1) is 0 Å². The van der Waals surface area contributed by atoms with Crippen LogP contribution in [0.3, 0.4) is 0 Å². The topological polar surface area (TPSA) is 20.2 Å². The van der Waals surface area contributed by atoms with Crippen molar-refractivity contribution in [3.05, 3.63) is 35.6 Å². The predicted octanol–water partition coefficient (Wildman–Crippen LogP) is 1.92. The lowest BCUT2D eigenvalue weighted by Crippen LogP contribution is -1.91. The molecular formula is C10H11FO. The third-order valence-corrected chi connectivity index (χ3v) is 2.46. The summed E-state index contributed by atoms with van der Waals surface area (Å²) >= 11 is 0. The summed E-state index contributed by atoms with van der Waals surface area (Å²) < 4.78 is 13.1. The van der Waals surface area contributed by atoms with E-state index in [4.69, 9.17) is 5.11 Å². The molecule has 2 rings (SSSR count). The first kappa shape index (κ1) is 7.74. The van der Waals surface area contributed by atoms with Crippen LogP contribution in [0.2, 0.25) is 0 Å². The van der Waals surface area contributed by atoms with Crippen LogP contribution in [0.25, 0.3) is 0 Å². The fraction of sp³-hybridized carbons (Fsp3) is 0.400. The van der Waals surface area contributed by atoms with Gasteiger partial charge in [-0.2, -0.15) is 0 Å². The van der Waals surface area contributed by atoms with Gasteiger partial charge in [0.2, 0.25) is 0 Å². The monoisotopic (exact) mass is 166 g/mol. The van der Waals surface area contributed by atoms with Crippen molar-refractivity contribution in [2.24, 2.45) is 5.92 Å². The number of aliphatic hydroxyl groups excluding tert-OH is 1. The Morgan fingerprint density at radius 1 is 1.42 bits per heavy atom. The van der Waals surface area contributed by atoms with Crippen LogP contribution in [0.15, 0.2) is 24.3 Å². The molecule has 0 aliphatic heterocycles. The van der Waals surface area contributed by atoms with Gasteiger partial charge in [0.1, 0.15) is 5.82 Å². The molecule has 2 heteroatoms. The van der Waals surface area contributed by atoms with E-state index in [9.17, 15) is 4.39 Å². The number of hydrogen-bond acceptors (Lipinski definition) is 1. The summed E-state index contributed by atoms with van der Waals surface area (Å²) in [4.78, 5) is 0. The lowest BCUT2D eigenvalue weighted by molar-refractivity contribution is 0.273. The van der Waals surface area contributed by atoms with E-state index >= 15 is 0 Å². The SMILES string of the molecule is OC[C@H]1C[C@@H]1c1ccccc1F. The van der Waals surface area contributed by atoms with Crippen molar-refractivity contribution in [2.45, 2.75) is 12.3 Å². The Kier molecular flexibility index (Phi) is 1.85. The second-order valence-corrected chi connectivity index (χ2v) is 3.31. The average Bonchev–Trinajstić information content (AvgIpc) is 2.84. The van der Waals surface area contributed by atoms with Crippen LogP contribution < -0.4 is 0 Å². The number of rotatable bonds is 2. The second kappa shape index (κ2) is 2.87. The van der Waals surface area contributed by atoms with Crippen molar-refractivity contribution in [3.63, 3.8) is 0 Å². The highest BCUT2D eigenvalue weighted by Crippen LogP contribution is 2.47. The highest BCUT2D eigenvalue weighted by atomic mass is 19.1. The highest BCUT2D eigenvalue weighted by molar-refractivity contribution is 5.27. The van der Waals surface area contributed by atoms with E-state index in [0.717, 1.165) is 12.0 Å². The molecule has 0 aromatic heterocycles. The van der Waals surface area contributed by atoms with Crippen molar-refractivity contribution in [3.8, 4) is 0 Å². The summed E-state index contributed by atoms with van der Waals surface area (Å²) in [6.45, 7) is 0.180. The molecule has 1 saturated carbocycles. The van der Waals surface area contributed by atoms with Crippen LogP contribution in [0.1, 0.15) is 17.9 Å². The fourth-order valence-electron chi connectivity index (χ4n) is 1.61. The van der Waals surface area contributed by atoms with Crippen molar-refractivity contribution in [1.29, 1.82) is 0 Å². The number of aliphatic hydroxyl groups is 1. The summed E-state index contributed by atoms with van der Waals surface area (Å²) in [7, 11) is 0. The van der Waals surface area contributed by atoms with Crippen LogP contribution in [0.5, 0.6) is 0 Å². The normalized spacial score (nSPS) is 27.2. The first-order valence-electron chi connectivity index (χ1n) is 4.18. The van der Waals surface area contributed by atoms with Gasteiger partial charge in [0.15, 0.2) is 0 Å². The van der Waals surface area contributed by atoms with Crippen molar-refractivity contribution < 1.29 is 9.50 Å². The first-order chi connectivity index (χ1) is 5.83. The van der Waals surface area contributed by atoms with E-state index < -0.39 is 0 Å². The average molecular weight is 166 g/mol. The summed E-state index contributed by atoms with van der Waals surface area (Å²) in [6.07, 6.45) is 0.928. The van der Waals surface area contributed by atoms with Gasteiger partial charge in [-0.3, -0.25) is 0 Å². The third kappa shape index (κ3) is 1.23. The van der Waals surface area contributed by atoms with E-state index in [2.05, 4.69) is 0 Å². The van der Waals surface area contributed by atoms with Gasteiger partial charge < -0.3 is 5.11 Å². The molecule has 1 aromatic carbocycles. The van der Waals surface area contributed by atoms with Gasteiger partial charge in [-0.05, 0) is 29.9 Å². The minimum Gasteiger partial charge on any atom is -0.396 e. The van der Waals surface area contributed by atoms with Gasteiger partial charge in [-0.25, -0.2) is 4.39 Å². The molecule has 1 aliphatic carbocycles. The predicted molar refractivity (Wildman–Crippen MR) is 44.3 cm³/mol. The Morgan fingerprint density at radius 2 is 2.17 bits per heavy atom. The Morgan fingerprint density at radius 3 is 2.75 bits per heavy atom. The zero-order chi connectivity index (χ0) is 8.55. The van der Waals surface area contributed by atoms with Crippen LogP contribution >= 0.6 is 0 Å². The number of hydrogen-bond donors (Lipinski definition) is 1. The molecule has 0 radical (unpaired) electrons. The Balaban J connectivity index is 2.19. The molecule has 1 aromatic rings. The molecule has 0 heterocycles. The maximum absolute atomic E-state index is 13.1. The maximum Gasteiger partial charge on any atom is 0.126 e. The molecule has 2 atom stereocenters. The molecule has 12 heavy (non-hydrogen) atoms. The molecule has 64 valence electrons. The van der Waals surface area contributed by atoms with E-state index in [0.29, 0.717) is 5.92 Å². The molecule has 1 fully saturated rings. The number of halogens is 1. The van der Waals surface area contributed by atoms with Gasteiger partial charge in [0.05, 0.1) is 0 Å². The second-order valence-electron chi connectivity index (χ2n) is 3.31. The molecule has 0 spiro atoms. The van der Waals surface area contributed by atoms with E-state index in [1.54, 1.807) is 12.1 Å². The lowest BCUT2D eigenvalue weighted by Gasteiger charge is -1.99. The Hall–Kier alpha value is -0.890. The van der Waals surface area contributed by atoms with Crippen molar-refractivity contribution in [2.75, 3.05) is 6.61 Å². The van der Waals surface area contributed by atoms with Crippen LogP contribution in [0, 0.1) is 11.7 Å². The maximum atomic E-state index is 13.1. The largest absolute Gasteiger partial charge is 0.396 e. The molecule has 0 amide bonds. The van der Waals surface area contributed by atoms with Gasteiger partial charge in [0.25, 0.3) is 0 Å². The van der Waals surface area contributed by atoms with E-state index in [1.165, 1.54) is 6.07 Å². The van der Waals surface area contributed by atoms with Crippen molar-refractivity contribution >= 4 is 0 Å². The molecule has 1 nitrogen and oxygen atoms in total. The summed E-state index contributed by atoms with van der Waals surface area (Å²) in [5, 5.41) is 8.81. The van der Waals surface area contributed by atoms with Crippen LogP contribution in [-0.2, 0) is 0 Å². The standard InChI is InChI=1S/C10H11FO/c11-10-4-2-1-3-8(10)9-5-7(9)6-12/h1-4,7,9,12H,5-6H2/t7-,9+/m1/s1. The minimum atomic E-state index is -0.140. The van der Waals surface area contributed by atoms with Crippen molar-refractivity contribution in [1.82, 2.24) is 0 Å². The van der Waals surface area contributed by atoms with Gasteiger partial charge >= 0.3 is 0 Å². The quantitative estimate of drug-likeness (QED) is 0.711. The Bertz CT molecular complexity index is 285. The smallest absolute Gasteiger partial charge is 0.126 e.